The average Bonchev–Trinajstić information content (AvgIpc) is 3.44. The number of aromatic hydroxyl groups is 1. The molecule has 2 heterocycles. The van der Waals surface area contributed by atoms with Gasteiger partial charge in [0.1, 0.15) is 23.0 Å². The lowest BCUT2D eigenvalue weighted by molar-refractivity contribution is 0.0585. The molecule has 0 amide bonds. The van der Waals surface area contributed by atoms with Gasteiger partial charge in [0.05, 0.1) is 19.4 Å². The first-order chi connectivity index (χ1) is 19.9. The molecule has 3 atom stereocenters. The van der Waals surface area contributed by atoms with E-state index in [1.54, 1.807) is 79.0 Å². The van der Waals surface area contributed by atoms with E-state index in [4.69, 9.17) is 9.84 Å². The summed E-state index contributed by atoms with van der Waals surface area (Å²) in [5.41, 5.74) is 1.03. The van der Waals surface area contributed by atoms with Crippen molar-refractivity contribution in [2.24, 2.45) is 10.5 Å². The molecule has 1 spiro atoms. The Morgan fingerprint density at radius 2 is 1.56 bits per heavy atom. The molecule has 0 aromatic heterocycles. The van der Waals surface area contributed by atoms with Crippen LogP contribution < -0.4 is 4.74 Å². The van der Waals surface area contributed by atoms with Crippen molar-refractivity contribution in [3.63, 3.8) is 0 Å². The molecule has 1 saturated heterocycles. The summed E-state index contributed by atoms with van der Waals surface area (Å²) in [6.45, 7) is 0. The summed E-state index contributed by atoms with van der Waals surface area (Å²) in [6.07, 6.45) is 1.66. The third kappa shape index (κ3) is 3.43. The molecule has 202 valence electrons. The molecular weight excluding hydrogens is 584 g/mol. The summed E-state index contributed by atoms with van der Waals surface area (Å²) in [5, 5.41) is 17.6. The summed E-state index contributed by atoms with van der Waals surface area (Å²) in [5.74, 6) is -1.67. The van der Waals surface area contributed by atoms with E-state index >= 15 is 0 Å². The Kier molecular flexibility index (Phi) is 5.73. The van der Waals surface area contributed by atoms with E-state index in [-0.39, 0.29) is 23.1 Å². The van der Waals surface area contributed by atoms with Crippen LogP contribution in [0.3, 0.4) is 0 Å². The molecule has 3 aliphatic rings. The van der Waals surface area contributed by atoms with Crippen molar-refractivity contribution in [2.75, 3.05) is 7.11 Å². The van der Waals surface area contributed by atoms with E-state index < -0.39 is 23.4 Å². The summed E-state index contributed by atoms with van der Waals surface area (Å²) in [7, 11) is 1.54. The maximum atomic E-state index is 14.7. The molecule has 1 fully saturated rings. The van der Waals surface area contributed by atoms with Crippen LogP contribution in [0.5, 0.6) is 11.5 Å². The predicted octanol–water partition coefficient (Wildman–Crippen LogP) is 5.97. The summed E-state index contributed by atoms with van der Waals surface area (Å²) >= 11 is 3.50. The first kappa shape index (κ1) is 25.4. The Bertz CT molecular complexity index is 1760. The van der Waals surface area contributed by atoms with Crippen LogP contribution in [0, 0.1) is 5.41 Å². The van der Waals surface area contributed by atoms with Crippen LogP contribution in [-0.2, 0) is 0 Å². The van der Waals surface area contributed by atoms with Gasteiger partial charge in [-0.3, -0.25) is 19.4 Å². The smallest absolute Gasteiger partial charge is 0.187 e. The second kappa shape index (κ2) is 9.24. The second-order valence-corrected chi connectivity index (χ2v) is 11.4. The molecule has 4 aromatic carbocycles. The van der Waals surface area contributed by atoms with Crippen LogP contribution in [-0.4, -0.2) is 46.8 Å². The number of carbonyl (C=O) groups is 3. The summed E-state index contributed by atoms with van der Waals surface area (Å²) in [4.78, 5) is 44.0. The van der Waals surface area contributed by atoms with Crippen LogP contribution >= 0.6 is 15.9 Å². The Hall–Kier alpha value is -4.56. The van der Waals surface area contributed by atoms with Gasteiger partial charge in [-0.25, -0.2) is 0 Å². The quantitative estimate of drug-likeness (QED) is 0.227. The Balaban J connectivity index is 1.55. The Morgan fingerprint density at radius 1 is 0.902 bits per heavy atom. The van der Waals surface area contributed by atoms with Gasteiger partial charge in [-0.05, 0) is 53.6 Å². The lowest BCUT2D eigenvalue weighted by Gasteiger charge is -2.36. The number of ether oxygens (including phenoxy) is 1. The third-order valence-electron chi connectivity index (χ3n) is 8.54. The van der Waals surface area contributed by atoms with E-state index in [0.717, 1.165) is 11.1 Å². The number of ketones is 3. The highest BCUT2D eigenvalue weighted by atomic mass is 79.9. The molecule has 0 unspecified atom stereocenters. The predicted molar refractivity (Wildman–Crippen MR) is 156 cm³/mol. The molecule has 1 aliphatic carbocycles. The Labute approximate surface area is 244 Å². The van der Waals surface area contributed by atoms with Crippen molar-refractivity contribution in [3.05, 3.63) is 129 Å². The van der Waals surface area contributed by atoms with Crippen LogP contribution in [0.25, 0.3) is 0 Å². The van der Waals surface area contributed by atoms with Gasteiger partial charge < -0.3 is 9.84 Å². The molecule has 7 rings (SSSR count). The number of rotatable bonds is 4. The highest BCUT2D eigenvalue weighted by Crippen LogP contribution is 2.65. The number of Topliss-reactive ketones (excluding diaryl/α,β-unsaturated/α-hetero) is 3. The van der Waals surface area contributed by atoms with E-state index in [9.17, 15) is 19.5 Å². The maximum absolute atomic E-state index is 14.7. The van der Waals surface area contributed by atoms with Gasteiger partial charge >= 0.3 is 0 Å². The fraction of sp³-hybridized carbons (Fsp3) is 0.152. The third-order valence-corrected chi connectivity index (χ3v) is 9.04. The number of hydrazone groups is 1. The lowest BCUT2D eigenvalue weighted by atomic mass is 9.62. The highest BCUT2D eigenvalue weighted by molar-refractivity contribution is 9.10. The van der Waals surface area contributed by atoms with E-state index in [1.807, 2.05) is 24.3 Å². The molecular formula is C33H23BrN2O5. The van der Waals surface area contributed by atoms with Gasteiger partial charge in [0.2, 0.25) is 0 Å². The van der Waals surface area contributed by atoms with E-state index in [2.05, 4.69) is 15.9 Å². The number of methoxy groups -OCH3 is 1. The van der Waals surface area contributed by atoms with Crippen LogP contribution in [0.2, 0.25) is 0 Å². The first-order valence-corrected chi connectivity index (χ1v) is 13.9. The van der Waals surface area contributed by atoms with E-state index in [1.165, 1.54) is 6.07 Å². The zero-order valence-electron chi connectivity index (χ0n) is 21.8. The number of phenols is 1. The lowest BCUT2D eigenvalue weighted by Crippen LogP contribution is -2.43. The Morgan fingerprint density at radius 3 is 2.24 bits per heavy atom. The van der Waals surface area contributed by atoms with Crippen LogP contribution in [0.15, 0.2) is 101 Å². The molecule has 8 heteroatoms. The number of nitrogens with zero attached hydrogens (tertiary/aromatic N) is 2. The molecule has 41 heavy (non-hydrogen) atoms. The molecule has 0 bridgehead atoms. The minimum Gasteiger partial charge on any atom is -0.508 e. The van der Waals surface area contributed by atoms with Gasteiger partial charge in [0.15, 0.2) is 17.3 Å². The monoisotopic (exact) mass is 606 g/mol. The molecule has 1 N–H and O–H groups in total. The summed E-state index contributed by atoms with van der Waals surface area (Å²) in [6, 6.07) is 23.9. The fourth-order valence-corrected chi connectivity index (χ4v) is 7.20. The number of phenolic OH excluding ortho intramolecular Hbond substituents is 1. The average molecular weight is 607 g/mol. The van der Waals surface area contributed by atoms with Gasteiger partial charge in [-0.2, -0.15) is 5.10 Å². The highest BCUT2D eigenvalue weighted by Gasteiger charge is 2.73. The topological polar surface area (TPSA) is 96.3 Å². The second-order valence-electron chi connectivity index (χ2n) is 10.4. The van der Waals surface area contributed by atoms with Crippen molar-refractivity contribution in [1.82, 2.24) is 5.01 Å². The van der Waals surface area contributed by atoms with Crippen molar-refractivity contribution < 1.29 is 24.2 Å². The normalized spacial score (nSPS) is 21.5. The number of benzene rings is 4. The SMILES string of the molecule is COc1ccc(C(=O)[C@H]2[C@H](c3cc(Br)ccc3O)C3(C(=O)c4ccccc4C3=O)[C@H]3c4ccccc4C=NN23)cc1. The largest absolute Gasteiger partial charge is 0.508 e. The number of halogens is 1. The van der Waals surface area contributed by atoms with Crippen LogP contribution in [0.4, 0.5) is 0 Å². The minimum atomic E-state index is -1.76. The molecule has 2 aliphatic heterocycles. The van der Waals surface area contributed by atoms with Crippen molar-refractivity contribution in [3.8, 4) is 11.5 Å². The van der Waals surface area contributed by atoms with Crippen molar-refractivity contribution in [2.45, 2.75) is 18.0 Å². The number of fused-ring (bicyclic) bond motifs is 5. The van der Waals surface area contributed by atoms with Crippen molar-refractivity contribution >= 4 is 39.5 Å². The number of hydrogen-bond acceptors (Lipinski definition) is 7. The van der Waals surface area contributed by atoms with Gasteiger partial charge in [-0.1, -0.05) is 64.5 Å². The van der Waals surface area contributed by atoms with E-state index in [0.29, 0.717) is 32.5 Å². The molecule has 0 saturated carbocycles. The molecule has 0 radical (unpaired) electrons. The number of hydrogen-bond donors (Lipinski definition) is 1. The zero-order valence-corrected chi connectivity index (χ0v) is 23.4. The molecule has 7 nitrogen and oxygen atoms in total. The number of carbonyl (C=O) groups excluding carboxylic acids is 3. The van der Waals surface area contributed by atoms with Gasteiger partial charge in [-0.15, -0.1) is 0 Å². The van der Waals surface area contributed by atoms with Crippen molar-refractivity contribution in [1.29, 1.82) is 0 Å². The zero-order chi connectivity index (χ0) is 28.5. The van der Waals surface area contributed by atoms with Crippen LogP contribution in [0.1, 0.15) is 59.7 Å². The fourth-order valence-electron chi connectivity index (χ4n) is 6.82. The van der Waals surface area contributed by atoms with Gasteiger partial charge in [0, 0.05) is 32.6 Å². The first-order valence-electron chi connectivity index (χ1n) is 13.1. The maximum Gasteiger partial charge on any atom is 0.187 e. The standard InChI is InChI=1S/C33H23BrN2O5/c1-41-21-13-10-18(11-14-21)29(38)28-27(25-16-20(34)12-15-26(25)37)33(31(39)23-8-4-5-9-24(23)32(33)40)30-22-7-3-2-6-19(22)17-35-36(28)30/h2-17,27-28,30,37H,1H3/t27-,28+,30+/m0/s1. The molecule has 4 aromatic rings. The van der Waals surface area contributed by atoms with Gasteiger partial charge in [0.25, 0.3) is 0 Å². The summed E-state index contributed by atoms with van der Waals surface area (Å²) < 4.78 is 5.93. The minimum absolute atomic E-state index is 0.112.